The van der Waals surface area contributed by atoms with E-state index in [1.165, 1.54) is 0 Å². The first-order valence-electron chi connectivity index (χ1n) is 8.77. The lowest BCUT2D eigenvalue weighted by atomic mass is 10.0. The Hall–Kier alpha value is -3.76. The highest BCUT2D eigenvalue weighted by molar-refractivity contribution is 5.98. The molecule has 1 aliphatic rings. The maximum absolute atomic E-state index is 12.5. The minimum Gasteiger partial charge on any atom is -0.475 e. The molecule has 1 aromatic heterocycles. The van der Waals surface area contributed by atoms with Crippen molar-refractivity contribution in [3.63, 3.8) is 0 Å². The number of carbonyl (C=O) groups excluding carboxylic acids is 1. The second kappa shape index (κ2) is 7.93. The second-order valence-electron chi connectivity index (χ2n) is 6.61. The molecule has 158 valence electrons. The van der Waals surface area contributed by atoms with Crippen molar-refractivity contribution in [2.75, 3.05) is 11.1 Å². The summed E-state index contributed by atoms with van der Waals surface area (Å²) in [6.07, 6.45) is -5.08. The normalized spacial score (nSPS) is 14.4. The standard InChI is InChI=1S/C17H17N5O.C2HF3O2/c1-10(11-5-3-2-4-6-11)22-9-12-7-13-15(20-21-16(13)18)8-14(12)19-17(22)23;3-2(4,5)1(6)7/h2-8,10H,9H2,1H3,(H,19,23)(H3,18,20,21);(H,6,7)/t10-;/m1./s1. The smallest absolute Gasteiger partial charge is 0.475 e. The van der Waals surface area contributed by atoms with Crippen LogP contribution in [0, 0.1) is 0 Å². The average Bonchev–Trinajstić information content (AvgIpc) is 3.05. The summed E-state index contributed by atoms with van der Waals surface area (Å²) in [6, 6.07) is 13.8. The number of aromatic nitrogens is 2. The zero-order chi connectivity index (χ0) is 22.1. The summed E-state index contributed by atoms with van der Waals surface area (Å²) in [6.45, 7) is 2.57. The van der Waals surface area contributed by atoms with Crippen LogP contribution in [0.15, 0.2) is 42.5 Å². The lowest BCUT2D eigenvalue weighted by molar-refractivity contribution is -0.192. The number of nitrogens with two attached hydrogens (primary N) is 1. The van der Waals surface area contributed by atoms with Crippen molar-refractivity contribution in [3.05, 3.63) is 53.6 Å². The third kappa shape index (κ3) is 4.29. The zero-order valence-corrected chi connectivity index (χ0v) is 15.7. The van der Waals surface area contributed by atoms with E-state index >= 15 is 0 Å². The lowest BCUT2D eigenvalue weighted by Gasteiger charge is -2.34. The molecular formula is C19H18F3N5O3. The number of urea groups is 1. The highest BCUT2D eigenvalue weighted by Gasteiger charge is 2.38. The number of amides is 2. The van der Waals surface area contributed by atoms with E-state index in [2.05, 4.69) is 15.5 Å². The lowest BCUT2D eigenvalue weighted by Crippen LogP contribution is -2.40. The molecule has 0 spiro atoms. The number of rotatable bonds is 2. The Kier molecular flexibility index (Phi) is 5.54. The highest BCUT2D eigenvalue weighted by atomic mass is 19.4. The Morgan fingerprint density at radius 2 is 1.90 bits per heavy atom. The summed E-state index contributed by atoms with van der Waals surface area (Å²) >= 11 is 0. The number of halogens is 3. The van der Waals surface area contributed by atoms with Gasteiger partial charge < -0.3 is 21.1 Å². The van der Waals surface area contributed by atoms with Crippen LogP contribution in [-0.4, -0.2) is 38.4 Å². The van der Waals surface area contributed by atoms with Gasteiger partial charge in [-0.3, -0.25) is 5.10 Å². The van der Waals surface area contributed by atoms with E-state index in [0.29, 0.717) is 12.4 Å². The summed E-state index contributed by atoms with van der Waals surface area (Å²) in [7, 11) is 0. The molecular weight excluding hydrogens is 403 g/mol. The number of alkyl halides is 3. The van der Waals surface area contributed by atoms with E-state index in [4.69, 9.17) is 15.6 Å². The van der Waals surface area contributed by atoms with Crippen LogP contribution < -0.4 is 11.1 Å². The molecule has 2 amide bonds. The number of carboxylic acid groups (broad SMARTS) is 1. The number of aromatic amines is 1. The number of nitrogens with zero attached hydrogens (tertiary/aromatic N) is 2. The van der Waals surface area contributed by atoms with E-state index in [1.807, 2.05) is 54.3 Å². The van der Waals surface area contributed by atoms with Gasteiger partial charge in [-0.05, 0) is 30.2 Å². The van der Waals surface area contributed by atoms with Crippen LogP contribution in [0.1, 0.15) is 24.1 Å². The van der Waals surface area contributed by atoms with Crippen LogP contribution in [0.2, 0.25) is 0 Å². The van der Waals surface area contributed by atoms with E-state index in [0.717, 1.165) is 27.7 Å². The molecule has 2 aromatic carbocycles. The van der Waals surface area contributed by atoms with Gasteiger partial charge in [0.1, 0.15) is 0 Å². The Morgan fingerprint density at radius 3 is 2.50 bits per heavy atom. The van der Waals surface area contributed by atoms with Crippen LogP contribution >= 0.6 is 0 Å². The average molecular weight is 421 g/mol. The number of carbonyl (C=O) groups is 2. The molecule has 0 aliphatic carbocycles. The first kappa shape index (κ1) is 21.0. The predicted octanol–water partition coefficient (Wildman–Crippen LogP) is 3.89. The number of benzene rings is 2. The molecule has 0 saturated heterocycles. The summed E-state index contributed by atoms with van der Waals surface area (Å²) in [4.78, 5) is 23.2. The van der Waals surface area contributed by atoms with Gasteiger partial charge in [-0.15, -0.1) is 0 Å². The molecule has 4 rings (SSSR count). The number of nitrogen functional groups attached to an aromatic ring is 1. The van der Waals surface area contributed by atoms with Gasteiger partial charge in [0.05, 0.1) is 18.1 Å². The summed E-state index contributed by atoms with van der Waals surface area (Å²) in [5, 5.41) is 17.9. The van der Waals surface area contributed by atoms with Gasteiger partial charge in [0.25, 0.3) is 0 Å². The van der Waals surface area contributed by atoms with Crippen molar-refractivity contribution >= 4 is 34.4 Å². The van der Waals surface area contributed by atoms with Crippen LogP contribution in [0.5, 0.6) is 0 Å². The van der Waals surface area contributed by atoms with Crippen LogP contribution in [-0.2, 0) is 11.3 Å². The fraction of sp³-hybridized carbons (Fsp3) is 0.211. The fourth-order valence-electron chi connectivity index (χ4n) is 3.04. The van der Waals surface area contributed by atoms with Gasteiger partial charge in [-0.1, -0.05) is 30.3 Å². The van der Waals surface area contributed by atoms with Gasteiger partial charge in [0, 0.05) is 11.1 Å². The molecule has 0 unspecified atom stereocenters. The monoisotopic (exact) mass is 421 g/mol. The second-order valence-corrected chi connectivity index (χ2v) is 6.61. The molecule has 0 radical (unpaired) electrons. The molecule has 1 aliphatic heterocycles. The van der Waals surface area contributed by atoms with Gasteiger partial charge in [-0.2, -0.15) is 18.3 Å². The minimum atomic E-state index is -5.08. The Labute approximate surface area is 168 Å². The molecule has 0 bridgehead atoms. The fourth-order valence-corrected chi connectivity index (χ4v) is 3.04. The van der Waals surface area contributed by atoms with Crippen molar-refractivity contribution in [3.8, 4) is 0 Å². The third-order valence-electron chi connectivity index (χ3n) is 4.65. The quantitative estimate of drug-likeness (QED) is 0.500. The van der Waals surface area contributed by atoms with Gasteiger partial charge >= 0.3 is 18.2 Å². The first-order valence-corrected chi connectivity index (χ1v) is 8.77. The largest absolute Gasteiger partial charge is 0.490 e. The number of nitrogens with one attached hydrogen (secondary N) is 2. The number of aliphatic carboxylic acids is 1. The molecule has 30 heavy (non-hydrogen) atoms. The molecule has 0 saturated carbocycles. The number of H-pyrrole nitrogens is 1. The van der Waals surface area contributed by atoms with Gasteiger partial charge in [0.2, 0.25) is 0 Å². The highest BCUT2D eigenvalue weighted by Crippen LogP contribution is 2.33. The summed E-state index contributed by atoms with van der Waals surface area (Å²) in [5.41, 5.74) is 9.65. The van der Waals surface area contributed by atoms with Crippen molar-refractivity contribution in [2.24, 2.45) is 0 Å². The molecule has 3 aromatic rings. The van der Waals surface area contributed by atoms with Gasteiger partial charge in [0.15, 0.2) is 5.82 Å². The number of fused-ring (bicyclic) bond motifs is 2. The number of hydrogen-bond donors (Lipinski definition) is 4. The van der Waals surface area contributed by atoms with Crippen molar-refractivity contribution in [1.82, 2.24) is 15.1 Å². The minimum absolute atomic E-state index is 0.0123. The van der Waals surface area contributed by atoms with E-state index in [9.17, 15) is 18.0 Å². The SMILES string of the molecule is C[C@H](c1ccccc1)N1Cc2cc3c(N)n[nH]c3cc2NC1=O.O=C(O)C(F)(F)F. The Balaban J connectivity index is 0.000000318. The van der Waals surface area contributed by atoms with Gasteiger partial charge in [-0.25, -0.2) is 9.59 Å². The van der Waals surface area contributed by atoms with E-state index in [-0.39, 0.29) is 12.1 Å². The Morgan fingerprint density at radius 1 is 1.27 bits per heavy atom. The maximum Gasteiger partial charge on any atom is 0.490 e. The summed E-state index contributed by atoms with van der Waals surface area (Å²) < 4.78 is 31.7. The Bertz CT molecular complexity index is 1080. The predicted molar refractivity (Wildman–Crippen MR) is 104 cm³/mol. The molecule has 2 heterocycles. The summed E-state index contributed by atoms with van der Waals surface area (Å²) in [5.74, 6) is -2.28. The van der Waals surface area contributed by atoms with Crippen molar-refractivity contribution in [2.45, 2.75) is 25.7 Å². The molecule has 11 heteroatoms. The number of carboxylic acids is 1. The molecule has 0 fully saturated rings. The molecule has 5 N–H and O–H groups in total. The third-order valence-corrected chi connectivity index (χ3v) is 4.65. The van der Waals surface area contributed by atoms with Crippen LogP contribution in [0.25, 0.3) is 10.9 Å². The number of anilines is 2. The maximum atomic E-state index is 12.5. The zero-order valence-electron chi connectivity index (χ0n) is 15.7. The van der Waals surface area contributed by atoms with E-state index in [1.54, 1.807) is 0 Å². The first-order chi connectivity index (χ1) is 14.1. The number of hydrogen-bond acceptors (Lipinski definition) is 4. The van der Waals surface area contributed by atoms with Crippen molar-refractivity contribution in [1.29, 1.82) is 0 Å². The van der Waals surface area contributed by atoms with Crippen LogP contribution in [0.3, 0.4) is 0 Å². The van der Waals surface area contributed by atoms with Crippen molar-refractivity contribution < 1.29 is 27.9 Å². The van der Waals surface area contributed by atoms with E-state index < -0.39 is 12.1 Å². The molecule has 8 nitrogen and oxygen atoms in total. The molecule has 1 atom stereocenters. The topological polar surface area (TPSA) is 124 Å². The van der Waals surface area contributed by atoms with Crippen LogP contribution in [0.4, 0.5) is 29.5 Å².